The van der Waals surface area contributed by atoms with Crippen molar-refractivity contribution in [2.45, 2.75) is 38.0 Å². The van der Waals surface area contributed by atoms with Gasteiger partial charge in [0, 0.05) is 21.7 Å². The van der Waals surface area contributed by atoms with E-state index in [1.54, 1.807) is 12.1 Å². The molecule has 2 aliphatic carbocycles. The lowest BCUT2D eigenvalue weighted by atomic mass is 9.87. The van der Waals surface area contributed by atoms with E-state index in [4.69, 9.17) is 9.47 Å². The number of fused-ring (bicyclic) bond motifs is 3. The van der Waals surface area contributed by atoms with Gasteiger partial charge in [-0.2, -0.15) is 0 Å². The van der Waals surface area contributed by atoms with Crippen LogP contribution in [-0.4, -0.2) is 31.5 Å². The summed E-state index contributed by atoms with van der Waals surface area (Å²) in [6.07, 6.45) is 13.4. The lowest BCUT2D eigenvalue weighted by Crippen LogP contribution is -2.57. The first-order chi connectivity index (χ1) is 15.6. The van der Waals surface area contributed by atoms with Crippen LogP contribution in [0, 0.1) is 11.7 Å². The maximum Gasteiger partial charge on any atom is 0.224 e. The highest BCUT2D eigenvalue weighted by molar-refractivity contribution is 7.19. The molecule has 6 heteroatoms. The van der Waals surface area contributed by atoms with Gasteiger partial charge in [-0.1, -0.05) is 12.2 Å². The quantitative estimate of drug-likeness (QED) is 0.707. The molecule has 3 atom stereocenters. The van der Waals surface area contributed by atoms with Crippen LogP contribution < -0.4 is 10.6 Å². The van der Waals surface area contributed by atoms with Crippen molar-refractivity contribution in [2.75, 3.05) is 19.7 Å². The van der Waals surface area contributed by atoms with Crippen molar-refractivity contribution in [1.29, 1.82) is 0 Å². The maximum atomic E-state index is 13.8. The Morgan fingerprint density at radius 1 is 1.28 bits per heavy atom. The van der Waals surface area contributed by atoms with Crippen LogP contribution in [0.5, 0.6) is 0 Å². The van der Waals surface area contributed by atoms with E-state index >= 15 is 0 Å². The lowest BCUT2D eigenvalue weighted by Gasteiger charge is -2.46. The van der Waals surface area contributed by atoms with Gasteiger partial charge in [0.05, 0.1) is 6.61 Å². The molecule has 0 amide bonds. The number of rotatable bonds is 4. The molecular formula is C26H27FN2O2S. The Bertz CT molecular complexity index is 1190. The number of hydrogen-bond acceptors (Lipinski definition) is 5. The summed E-state index contributed by atoms with van der Waals surface area (Å²) in [6.45, 7) is 4.30. The summed E-state index contributed by atoms with van der Waals surface area (Å²) in [7, 11) is 0. The second-order valence-electron chi connectivity index (χ2n) is 9.11. The first-order valence-corrected chi connectivity index (χ1v) is 12.2. The summed E-state index contributed by atoms with van der Waals surface area (Å²) in [6, 6.07) is 5.19. The average molecular weight is 451 g/mol. The number of dihydropyridines is 1. The van der Waals surface area contributed by atoms with E-state index in [9.17, 15) is 4.39 Å². The number of benzene rings is 1. The smallest absolute Gasteiger partial charge is 0.224 e. The minimum Gasteiger partial charge on any atom is -0.486 e. The summed E-state index contributed by atoms with van der Waals surface area (Å²) in [5.74, 6) is 1.23. The van der Waals surface area contributed by atoms with Gasteiger partial charge < -0.3 is 20.1 Å². The van der Waals surface area contributed by atoms with Crippen LogP contribution in [0.2, 0.25) is 0 Å². The molecule has 2 aliphatic heterocycles. The molecule has 0 bridgehead atoms. The molecule has 6 rings (SSSR count). The molecule has 2 N–H and O–H groups in total. The van der Waals surface area contributed by atoms with Crippen molar-refractivity contribution in [3.8, 4) is 0 Å². The predicted molar refractivity (Wildman–Crippen MR) is 126 cm³/mol. The van der Waals surface area contributed by atoms with Gasteiger partial charge in [-0.3, -0.25) is 0 Å². The molecule has 0 radical (unpaired) electrons. The minimum absolute atomic E-state index is 0.0251. The van der Waals surface area contributed by atoms with Gasteiger partial charge in [0.25, 0.3) is 0 Å². The Morgan fingerprint density at radius 3 is 3.16 bits per heavy atom. The van der Waals surface area contributed by atoms with Crippen LogP contribution in [-0.2, 0) is 22.3 Å². The number of ether oxygens (including phenoxy) is 2. The second kappa shape index (κ2) is 7.87. The third-order valence-corrected chi connectivity index (χ3v) is 8.25. The van der Waals surface area contributed by atoms with Crippen molar-refractivity contribution in [3.63, 3.8) is 0 Å². The second-order valence-corrected chi connectivity index (χ2v) is 10.2. The molecule has 0 saturated carbocycles. The number of nitrogens with one attached hydrogen (secondary N) is 2. The minimum atomic E-state index is -0.681. The number of thiophene rings is 1. The Morgan fingerprint density at radius 2 is 2.22 bits per heavy atom. The highest BCUT2D eigenvalue weighted by atomic mass is 32.1. The molecular weight excluding hydrogens is 423 g/mol. The van der Waals surface area contributed by atoms with Crippen LogP contribution >= 0.6 is 11.3 Å². The van der Waals surface area contributed by atoms with E-state index in [1.807, 2.05) is 35.8 Å². The zero-order chi connectivity index (χ0) is 21.7. The summed E-state index contributed by atoms with van der Waals surface area (Å²) in [4.78, 5) is 1.43. The molecule has 2 unspecified atom stereocenters. The molecule has 1 aromatic heterocycles. The van der Waals surface area contributed by atoms with Crippen molar-refractivity contribution < 1.29 is 13.9 Å². The summed E-state index contributed by atoms with van der Waals surface area (Å²) in [5.41, 5.74) is 2.97. The van der Waals surface area contributed by atoms with Crippen LogP contribution in [0.3, 0.4) is 0 Å². The molecule has 4 aliphatic rings. The van der Waals surface area contributed by atoms with Crippen LogP contribution in [0.4, 0.5) is 4.39 Å². The average Bonchev–Trinajstić information content (AvgIpc) is 3.16. The number of hydrogen-bond donors (Lipinski definition) is 2. The normalized spacial score (nSPS) is 28.5. The van der Waals surface area contributed by atoms with Crippen molar-refractivity contribution >= 4 is 21.4 Å². The Balaban J connectivity index is 1.08. The van der Waals surface area contributed by atoms with E-state index < -0.39 is 5.72 Å². The molecule has 3 heterocycles. The van der Waals surface area contributed by atoms with Gasteiger partial charge in [0.15, 0.2) is 5.76 Å². The Labute approximate surface area is 191 Å². The Hall–Kier alpha value is -2.41. The molecule has 2 aromatic rings. The maximum absolute atomic E-state index is 13.8. The van der Waals surface area contributed by atoms with E-state index in [0.29, 0.717) is 12.5 Å². The van der Waals surface area contributed by atoms with Gasteiger partial charge >= 0.3 is 0 Å². The topological polar surface area (TPSA) is 42.5 Å². The zero-order valence-corrected chi connectivity index (χ0v) is 18.9. The lowest BCUT2D eigenvalue weighted by molar-refractivity contribution is -0.138. The van der Waals surface area contributed by atoms with Gasteiger partial charge in [-0.25, -0.2) is 4.39 Å². The van der Waals surface area contributed by atoms with Gasteiger partial charge in [0.1, 0.15) is 11.9 Å². The monoisotopic (exact) mass is 450 g/mol. The summed E-state index contributed by atoms with van der Waals surface area (Å²) < 4.78 is 27.7. The number of aryl methyl sites for hydroxylation is 1. The van der Waals surface area contributed by atoms with Gasteiger partial charge in [0.2, 0.25) is 5.72 Å². The summed E-state index contributed by atoms with van der Waals surface area (Å²) >= 11 is 1.83. The van der Waals surface area contributed by atoms with Crippen LogP contribution in [0.25, 0.3) is 10.1 Å². The van der Waals surface area contributed by atoms with Gasteiger partial charge in [-0.15, -0.1) is 11.3 Å². The first-order valence-electron chi connectivity index (χ1n) is 11.4. The molecule has 1 saturated heterocycles. The van der Waals surface area contributed by atoms with E-state index in [-0.39, 0.29) is 11.9 Å². The van der Waals surface area contributed by atoms with Gasteiger partial charge in [-0.05, 0) is 91.7 Å². The van der Waals surface area contributed by atoms with E-state index in [0.717, 1.165) is 42.6 Å². The fourth-order valence-corrected chi connectivity index (χ4v) is 6.55. The standard InChI is InChI=1S/C26H27FN2O2S/c1-16-9-10-29-26-22(16)3-2-4-25(26)31-19(15-30-26)14-28-13-17-5-7-23-20(11-17)21-12-18(27)6-8-24(21)32-23/h2-4,6,8-10,12,17,19,28-29H,5,7,11,13-15H2,1H3/t17?,19-,26?/m0/s1. The van der Waals surface area contributed by atoms with Crippen LogP contribution in [0.1, 0.15) is 23.8 Å². The Kier molecular flexibility index (Phi) is 4.97. The summed E-state index contributed by atoms with van der Waals surface area (Å²) in [5, 5.41) is 8.09. The van der Waals surface area contributed by atoms with E-state index in [2.05, 4.69) is 29.7 Å². The SMILES string of the molecule is CC1=C2C=CC=C3O[C@@H](CNCC4CCc5sc6ccc(F)cc6c5C4)COC32NC=C1. The number of halogens is 1. The van der Waals surface area contributed by atoms with E-state index in [1.165, 1.54) is 27.1 Å². The zero-order valence-electron chi connectivity index (χ0n) is 18.1. The third-order valence-electron chi connectivity index (χ3n) is 6.97. The fourth-order valence-electron chi connectivity index (χ4n) is 5.32. The molecule has 1 fully saturated rings. The number of allylic oxidation sites excluding steroid dienone is 4. The molecule has 32 heavy (non-hydrogen) atoms. The van der Waals surface area contributed by atoms with Crippen molar-refractivity contribution in [1.82, 2.24) is 10.6 Å². The third kappa shape index (κ3) is 3.33. The fraction of sp³-hybridized carbons (Fsp3) is 0.385. The predicted octanol–water partition coefficient (Wildman–Crippen LogP) is 4.73. The first kappa shape index (κ1) is 20.2. The molecule has 1 aromatic carbocycles. The van der Waals surface area contributed by atoms with Crippen molar-refractivity contribution in [3.05, 3.63) is 81.9 Å². The highest BCUT2D eigenvalue weighted by Gasteiger charge is 2.47. The highest BCUT2D eigenvalue weighted by Crippen LogP contribution is 2.40. The molecule has 4 nitrogen and oxygen atoms in total. The molecule has 1 spiro atoms. The largest absolute Gasteiger partial charge is 0.486 e. The van der Waals surface area contributed by atoms with Crippen LogP contribution in [0.15, 0.2) is 65.6 Å². The van der Waals surface area contributed by atoms with Crippen molar-refractivity contribution in [2.24, 2.45) is 5.92 Å². The molecule has 166 valence electrons.